The highest BCUT2D eigenvalue weighted by atomic mass is 32.2. The van der Waals surface area contributed by atoms with Crippen molar-refractivity contribution in [3.05, 3.63) is 40.9 Å². The fourth-order valence-electron chi connectivity index (χ4n) is 4.56. The molecule has 2 saturated heterocycles. The van der Waals surface area contributed by atoms with Crippen LogP contribution in [0.4, 0.5) is 0 Å². The first-order valence-corrected chi connectivity index (χ1v) is 12.0. The van der Waals surface area contributed by atoms with Gasteiger partial charge in [0.2, 0.25) is 10.0 Å². The molecule has 6 nitrogen and oxygen atoms in total. The summed E-state index contributed by atoms with van der Waals surface area (Å²) in [5.41, 5.74) is 2.05. The van der Waals surface area contributed by atoms with Gasteiger partial charge >= 0.3 is 7.12 Å². The Morgan fingerprint density at radius 1 is 1.10 bits per heavy atom. The van der Waals surface area contributed by atoms with Gasteiger partial charge < -0.3 is 14.1 Å². The van der Waals surface area contributed by atoms with Crippen molar-refractivity contribution in [3.63, 3.8) is 0 Å². The minimum absolute atomic E-state index is 0.0168. The monoisotopic (exact) mass is 431 g/mol. The Bertz CT molecular complexity index is 967. The Labute approximate surface area is 179 Å². The van der Waals surface area contributed by atoms with E-state index >= 15 is 0 Å². The van der Waals surface area contributed by atoms with E-state index in [9.17, 15) is 13.2 Å². The summed E-state index contributed by atoms with van der Waals surface area (Å²) in [7, 11) is -4.15. The predicted octanol–water partition coefficient (Wildman–Crippen LogP) is 3.15. The molecular weight excluding hydrogens is 401 g/mol. The number of carbonyl (C=O) groups is 1. The molecule has 0 aromatic heterocycles. The number of carbonyl (C=O) groups excluding carboxylic acids is 1. The average Bonchev–Trinajstić information content (AvgIpc) is 3.19. The fraction of sp³-hybridized carbons (Fsp3) is 0.591. The summed E-state index contributed by atoms with van der Waals surface area (Å²) in [6.07, 6.45) is 2.21. The van der Waals surface area contributed by atoms with E-state index in [-0.39, 0.29) is 11.8 Å². The van der Waals surface area contributed by atoms with Gasteiger partial charge in [0, 0.05) is 19.0 Å². The second-order valence-electron chi connectivity index (χ2n) is 9.78. The van der Waals surface area contributed by atoms with Gasteiger partial charge in [-0.05, 0) is 71.0 Å². The number of aldehydes is 1. The van der Waals surface area contributed by atoms with Gasteiger partial charge in [-0.2, -0.15) is 4.31 Å². The van der Waals surface area contributed by atoms with Crippen LogP contribution in [0.1, 0.15) is 46.1 Å². The third-order valence-corrected chi connectivity index (χ3v) is 8.96. The summed E-state index contributed by atoms with van der Waals surface area (Å²) >= 11 is 0. The van der Waals surface area contributed by atoms with Crippen molar-refractivity contribution in [2.75, 3.05) is 13.1 Å². The van der Waals surface area contributed by atoms with Crippen LogP contribution in [0.25, 0.3) is 0 Å². The van der Waals surface area contributed by atoms with Gasteiger partial charge in [0.05, 0.1) is 16.1 Å². The van der Waals surface area contributed by atoms with E-state index in [1.54, 1.807) is 12.1 Å². The zero-order valence-electron chi connectivity index (χ0n) is 18.3. The van der Waals surface area contributed by atoms with Crippen molar-refractivity contribution in [2.24, 2.45) is 11.8 Å². The van der Waals surface area contributed by atoms with Crippen molar-refractivity contribution >= 4 is 23.4 Å². The summed E-state index contributed by atoms with van der Waals surface area (Å²) in [5, 5.41) is 0. The molecule has 3 aliphatic rings. The second kappa shape index (κ2) is 7.29. The van der Waals surface area contributed by atoms with E-state index in [1.165, 1.54) is 4.31 Å². The molecule has 0 N–H and O–H groups in total. The van der Waals surface area contributed by atoms with Crippen LogP contribution < -0.4 is 0 Å². The van der Waals surface area contributed by atoms with Crippen LogP contribution in [-0.2, 0) is 24.1 Å². The van der Waals surface area contributed by atoms with Crippen molar-refractivity contribution in [1.82, 2.24) is 4.31 Å². The lowest BCUT2D eigenvalue weighted by atomic mass is 9.64. The van der Waals surface area contributed by atoms with E-state index in [2.05, 4.69) is 0 Å². The molecule has 1 aromatic rings. The van der Waals surface area contributed by atoms with Gasteiger partial charge in [-0.25, -0.2) is 8.42 Å². The lowest BCUT2D eigenvalue weighted by Gasteiger charge is -2.32. The number of hydrogen-bond acceptors (Lipinski definition) is 5. The maximum Gasteiger partial charge on any atom is 0.490 e. The van der Waals surface area contributed by atoms with Crippen LogP contribution in [0.5, 0.6) is 0 Å². The van der Waals surface area contributed by atoms with Crippen molar-refractivity contribution in [2.45, 2.75) is 63.6 Å². The SMILES string of the molecule is Cc1ccc(S(=O)(=O)N2CC3=C(B4OC(C)(C)C(C)(C)O4)CC(C=O)CC3C2)cc1. The minimum atomic E-state index is -3.60. The zero-order chi connectivity index (χ0) is 21.9. The second-order valence-corrected chi connectivity index (χ2v) is 11.7. The molecule has 8 heteroatoms. The molecule has 2 atom stereocenters. The Morgan fingerprint density at radius 2 is 1.70 bits per heavy atom. The average molecular weight is 431 g/mol. The van der Waals surface area contributed by atoms with E-state index in [0.29, 0.717) is 30.8 Å². The molecule has 0 saturated carbocycles. The Kier molecular flexibility index (Phi) is 5.29. The smallest absolute Gasteiger partial charge is 0.400 e. The Balaban J connectivity index is 1.67. The molecule has 2 fully saturated rings. The molecule has 30 heavy (non-hydrogen) atoms. The standard InChI is InChI=1S/C22H30BNO5S/c1-15-6-8-18(9-7-15)30(26,27)24-12-17-10-16(14-25)11-20(19(17)13-24)23-28-21(2,3)22(4,5)29-23/h6-9,14,16-17H,10-13H2,1-5H3. The van der Waals surface area contributed by atoms with Gasteiger partial charge in [0.1, 0.15) is 6.29 Å². The number of nitrogens with zero attached hydrogens (tertiary/aromatic N) is 1. The molecule has 0 spiro atoms. The molecule has 2 heterocycles. The highest BCUT2D eigenvalue weighted by Crippen LogP contribution is 2.45. The molecule has 0 amide bonds. The number of allylic oxidation sites excluding steroid dienone is 1. The number of benzene rings is 1. The number of fused-ring (bicyclic) bond motifs is 1. The lowest BCUT2D eigenvalue weighted by molar-refractivity contribution is -0.111. The molecule has 0 bridgehead atoms. The molecule has 1 aromatic carbocycles. The maximum atomic E-state index is 13.2. The van der Waals surface area contributed by atoms with Gasteiger partial charge in [0.15, 0.2) is 0 Å². The highest BCUT2D eigenvalue weighted by molar-refractivity contribution is 7.89. The van der Waals surface area contributed by atoms with Crippen LogP contribution in [0.15, 0.2) is 40.2 Å². The maximum absolute atomic E-state index is 13.2. The van der Waals surface area contributed by atoms with Crippen molar-refractivity contribution in [1.29, 1.82) is 0 Å². The predicted molar refractivity (Wildman–Crippen MR) is 115 cm³/mol. The zero-order valence-corrected chi connectivity index (χ0v) is 19.2. The first-order chi connectivity index (χ1) is 13.9. The number of rotatable bonds is 4. The molecule has 2 aliphatic heterocycles. The van der Waals surface area contributed by atoms with Crippen LogP contribution in [0.2, 0.25) is 0 Å². The Hall–Kier alpha value is -1.48. The summed E-state index contributed by atoms with van der Waals surface area (Å²) in [4.78, 5) is 12.0. The molecule has 2 unspecified atom stereocenters. The fourth-order valence-corrected chi connectivity index (χ4v) is 6.02. The summed E-state index contributed by atoms with van der Waals surface area (Å²) < 4.78 is 40.5. The van der Waals surface area contributed by atoms with E-state index in [4.69, 9.17) is 9.31 Å². The van der Waals surface area contributed by atoms with E-state index in [1.807, 2.05) is 46.8 Å². The summed E-state index contributed by atoms with van der Waals surface area (Å²) in [5.74, 6) is -0.127. The third kappa shape index (κ3) is 3.58. The van der Waals surface area contributed by atoms with Gasteiger partial charge in [0.25, 0.3) is 0 Å². The first-order valence-electron chi connectivity index (χ1n) is 10.5. The van der Waals surface area contributed by atoms with Gasteiger partial charge in [-0.1, -0.05) is 23.3 Å². The number of sulfonamides is 1. The van der Waals surface area contributed by atoms with Crippen molar-refractivity contribution < 1.29 is 22.5 Å². The molecule has 0 radical (unpaired) electrons. The highest BCUT2D eigenvalue weighted by Gasteiger charge is 2.54. The van der Waals surface area contributed by atoms with Crippen LogP contribution in [0, 0.1) is 18.8 Å². The number of hydrogen-bond donors (Lipinski definition) is 0. The van der Waals surface area contributed by atoms with E-state index in [0.717, 1.165) is 22.9 Å². The normalized spacial score (nSPS) is 28.6. The van der Waals surface area contributed by atoms with Gasteiger partial charge in [-0.3, -0.25) is 0 Å². The Morgan fingerprint density at radius 3 is 2.27 bits per heavy atom. The largest absolute Gasteiger partial charge is 0.490 e. The number of aryl methyl sites for hydroxylation is 1. The lowest BCUT2D eigenvalue weighted by Crippen LogP contribution is -2.41. The molecule has 4 rings (SSSR count). The van der Waals surface area contributed by atoms with Gasteiger partial charge in [-0.15, -0.1) is 0 Å². The topological polar surface area (TPSA) is 72.9 Å². The molecular formula is C22H30BNO5S. The van der Waals surface area contributed by atoms with Crippen LogP contribution in [-0.4, -0.2) is 50.4 Å². The third-order valence-electron chi connectivity index (χ3n) is 7.13. The van der Waals surface area contributed by atoms with Crippen molar-refractivity contribution in [3.8, 4) is 0 Å². The summed E-state index contributed by atoms with van der Waals surface area (Å²) in [6.45, 7) is 10.6. The van der Waals surface area contributed by atoms with Crippen LogP contribution in [0.3, 0.4) is 0 Å². The summed E-state index contributed by atoms with van der Waals surface area (Å²) in [6, 6.07) is 6.94. The molecule has 162 valence electrons. The quantitative estimate of drug-likeness (QED) is 0.541. The van der Waals surface area contributed by atoms with E-state index < -0.39 is 28.3 Å². The van der Waals surface area contributed by atoms with Crippen LogP contribution >= 0.6 is 0 Å². The molecule has 1 aliphatic carbocycles. The minimum Gasteiger partial charge on any atom is -0.400 e. The first kappa shape index (κ1) is 21.7.